The van der Waals surface area contributed by atoms with Gasteiger partial charge in [-0.2, -0.15) is 0 Å². The van der Waals surface area contributed by atoms with E-state index in [1.165, 1.54) is 0 Å². The van der Waals surface area contributed by atoms with E-state index in [0.29, 0.717) is 11.3 Å². The number of rotatable bonds is 3. The fourth-order valence-electron chi connectivity index (χ4n) is 2.23. The van der Waals surface area contributed by atoms with Crippen molar-refractivity contribution in [3.8, 4) is 0 Å². The van der Waals surface area contributed by atoms with E-state index in [-0.39, 0.29) is 5.91 Å². The number of hydrogen-bond donors (Lipinski definition) is 0. The highest BCUT2D eigenvalue weighted by Gasteiger charge is 2.10. The molecular formula is C20H15NO. The van der Waals surface area contributed by atoms with Crippen LogP contribution in [0.1, 0.15) is 21.5 Å². The quantitative estimate of drug-likeness (QED) is 0.657. The molecule has 0 N–H and O–H groups in total. The summed E-state index contributed by atoms with van der Waals surface area (Å²) in [5, 5.41) is 0. The molecule has 0 aliphatic carbocycles. The van der Waals surface area contributed by atoms with Gasteiger partial charge in [0.05, 0.1) is 5.71 Å². The van der Waals surface area contributed by atoms with Crippen LogP contribution in [0.5, 0.6) is 0 Å². The minimum Gasteiger partial charge on any atom is -0.267 e. The third-order valence-corrected chi connectivity index (χ3v) is 3.33. The Hall–Kier alpha value is -3.00. The second kappa shape index (κ2) is 6.64. The minimum atomic E-state index is -0.233. The normalized spacial score (nSPS) is 10.0. The highest BCUT2D eigenvalue weighted by molar-refractivity contribution is 6.18. The zero-order chi connectivity index (χ0) is 15.2. The Kier molecular flexibility index (Phi) is 4.21. The van der Waals surface area contributed by atoms with Gasteiger partial charge in [-0.25, -0.2) is 4.99 Å². The molecule has 0 aromatic heterocycles. The summed E-state index contributed by atoms with van der Waals surface area (Å²) in [6.45, 7) is 0. The van der Waals surface area contributed by atoms with Gasteiger partial charge < -0.3 is 0 Å². The number of nitrogens with zero attached hydrogens (tertiary/aromatic N) is 1. The molecular weight excluding hydrogens is 270 g/mol. The van der Waals surface area contributed by atoms with Gasteiger partial charge in [0.15, 0.2) is 0 Å². The largest absolute Gasteiger partial charge is 0.277 e. The van der Waals surface area contributed by atoms with Gasteiger partial charge in [-0.3, -0.25) is 4.79 Å². The monoisotopic (exact) mass is 285 g/mol. The molecule has 0 fully saturated rings. The molecule has 0 unspecified atom stereocenters. The first-order valence-corrected chi connectivity index (χ1v) is 7.13. The van der Waals surface area contributed by atoms with E-state index in [2.05, 4.69) is 4.99 Å². The summed E-state index contributed by atoms with van der Waals surface area (Å²) in [5.41, 5.74) is 3.14. The highest BCUT2D eigenvalue weighted by atomic mass is 16.1. The Morgan fingerprint density at radius 3 is 1.32 bits per heavy atom. The molecule has 0 aliphatic heterocycles. The van der Waals surface area contributed by atoms with Crippen molar-refractivity contribution >= 4 is 11.6 Å². The van der Waals surface area contributed by atoms with Gasteiger partial charge in [0, 0.05) is 16.7 Å². The first-order chi connectivity index (χ1) is 10.8. The number of carbonyl (C=O) groups excluding carboxylic acids is 1. The molecule has 3 rings (SSSR count). The Labute approximate surface area is 129 Å². The SMILES string of the molecule is O=C(N=C(c1ccccc1)c1ccccc1)c1ccccc1. The van der Waals surface area contributed by atoms with E-state index >= 15 is 0 Å². The van der Waals surface area contributed by atoms with Crippen molar-refractivity contribution in [1.82, 2.24) is 0 Å². The maximum Gasteiger partial charge on any atom is 0.277 e. The predicted octanol–water partition coefficient (Wildman–Crippen LogP) is 4.36. The fourth-order valence-corrected chi connectivity index (χ4v) is 2.23. The Morgan fingerprint density at radius 1 is 0.545 bits per heavy atom. The average molecular weight is 285 g/mol. The van der Waals surface area contributed by atoms with Crippen LogP contribution in [-0.2, 0) is 0 Å². The van der Waals surface area contributed by atoms with Crippen LogP contribution < -0.4 is 0 Å². The van der Waals surface area contributed by atoms with Crippen LogP contribution in [0.4, 0.5) is 0 Å². The van der Waals surface area contributed by atoms with Gasteiger partial charge >= 0.3 is 0 Å². The van der Waals surface area contributed by atoms with Gasteiger partial charge in [0.2, 0.25) is 0 Å². The second-order valence-corrected chi connectivity index (χ2v) is 4.86. The van der Waals surface area contributed by atoms with Gasteiger partial charge in [-0.1, -0.05) is 78.9 Å². The Balaban J connectivity index is 2.06. The summed E-state index contributed by atoms with van der Waals surface area (Å²) >= 11 is 0. The summed E-state index contributed by atoms with van der Waals surface area (Å²) in [4.78, 5) is 16.8. The Morgan fingerprint density at radius 2 is 0.909 bits per heavy atom. The van der Waals surface area contributed by atoms with Crippen LogP contribution in [0.25, 0.3) is 0 Å². The molecule has 0 radical (unpaired) electrons. The number of aliphatic imine (C=N–C) groups is 1. The maximum atomic E-state index is 12.4. The standard InChI is InChI=1S/C20H15NO/c22-20(18-14-8-3-9-15-18)21-19(16-10-4-1-5-11-16)17-12-6-2-7-13-17/h1-15H. The molecule has 3 aromatic carbocycles. The molecule has 2 heteroatoms. The van der Waals surface area contributed by atoms with E-state index in [1.54, 1.807) is 12.1 Å². The van der Waals surface area contributed by atoms with Crippen molar-refractivity contribution in [1.29, 1.82) is 0 Å². The number of benzene rings is 3. The van der Waals surface area contributed by atoms with Gasteiger partial charge in [0.25, 0.3) is 5.91 Å². The van der Waals surface area contributed by atoms with Crippen molar-refractivity contribution < 1.29 is 4.79 Å². The van der Waals surface area contributed by atoms with Crippen molar-refractivity contribution in [2.45, 2.75) is 0 Å². The molecule has 0 heterocycles. The summed E-state index contributed by atoms with van der Waals surface area (Å²) in [6, 6.07) is 28.7. The fraction of sp³-hybridized carbons (Fsp3) is 0. The van der Waals surface area contributed by atoms with E-state index < -0.39 is 0 Å². The van der Waals surface area contributed by atoms with Crippen LogP contribution in [-0.4, -0.2) is 11.6 Å². The first kappa shape index (κ1) is 14.0. The molecule has 0 aliphatic rings. The third-order valence-electron chi connectivity index (χ3n) is 3.33. The number of carbonyl (C=O) groups is 1. The lowest BCUT2D eigenvalue weighted by Crippen LogP contribution is -2.07. The molecule has 1 amide bonds. The lowest BCUT2D eigenvalue weighted by molar-refractivity contribution is 0.100. The van der Waals surface area contributed by atoms with E-state index in [0.717, 1.165) is 11.1 Å². The smallest absolute Gasteiger partial charge is 0.267 e. The van der Waals surface area contributed by atoms with Gasteiger partial charge in [-0.15, -0.1) is 0 Å². The van der Waals surface area contributed by atoms with Crippen LogP contribution >= 0.6 is 0 Å². The van der Waals surface area contributed by atoms with Crippen molar-refractivity contribution in [3.63, 3.8) is 0 Å². The lowest BCUT2D eigenvalue weighted by Gasteiger charge is -2.07. The lowest BCUT2D eigenvalue weighted by atomic mass is 10.0. The summed E-state index contributed by atoms with van der Waals surface area (Å²) < 4.78 is 0. The Bertz CT molecular complexity index is 736. The topological polar surface area (TPSA) is 29.4 Å². The van der Waals surface area contributed by atoms with Gasteiger partial charge in [-0.05, 0) is 12.1 Å². The molecule has 0 saturated carbocycles. The molecule has 106 valence electrons. The maximum absolute atomic E-state index is 12.4. The predicted molar refractivity (Wildman–Crippen MR) is 89.3 cm³/mol. The average Bonchev–Trinajstić information content (AvgIpc) is 2.62. The second-order valence-electron chi connectivity index (χ2n) is 4.86. The summed E-state index contributed by atoms with van der Waals surface area (Å²) in [6.07, 6.45) is 0. The molecule has 0 spiro atoms. The molecule has 22 heavy (non-hydrogen) atoms. The van der Waals surface area contributed by atoms with E-state index in [4.69, 9.17) is 0 Å². The van der Waals surface area contributed by atoms with E-state index in [1.807, 2.05) is 78.9 Å². The molecule has 0 atom stereocenters. The summed E-state index contributed by atoms with van der Waals surface area (Å²) in [5.74, 6) is -0.233. The molecule has 2 nitrogen and oxygen atoms in total. The van der Waals surface area contributed by atoms with Crippen molar-refractivity contribution in [2.24, 2.45) is 4.99 Å². The van der Waals surface area contributed by atoms with Crippen LogP contribution in [0, 0.1) is 0 Å². The van der Waals surface area contributed by atoms with Gasteiger partial charge in [0.1, 0.15) is 0 Å². The zero-order valence-electron chi connectivity index (χ0n) is 12.0. The number of amides is 1. The highest BCUT2D eigenvalue weighted by Crippen LogP contribution is 2.12. The number of hydrogen-bond acceptors (Lipinski definition) is 1. The zero-order valence-corrected chi connectivity index (χ0v) is 12.0. The molecule has 0 saturated heterocycles. The van der Waals surface area contributed by atoms with E-state index in [9.17, 15) is 4.79 Å². The summed E-state index contributed by atoms with van der Waals surface area (Å²) in [7, 11) is 0. The third kappa shape index (κ3) is 3.18. The van der Waals surface area contributed by atoms with Crippen LogP contribution in [0.3, 0.4) is 0 Å². The van der Waals surface area contributed by atoms with Crippen molar-refractivity contribution in [3.05, 3.63) is 108 Å². The van der Waals surface area contributed by atoms with Crippen LogP contribution in [0.2, 0.25) is 0 Å². The minimum absolute atomic E-state index is 0.233. The molecule has 3 aromatic rings. The van der Waals surface area contributed by atoms with Crippen LogP contribution in [0.15, 0.2) is 96.0 Å². The first-order valence-electron chi connectivity index (χ1n) is 7.13. The van der Waals surface area contributed by atoms with Crippen molar-refractivity contribution in [2.75, 3.05) is 0 Å². The molecule has 0 bridgehead atoms.